The van der Waals surface area contributed by atoms with E-state index in [2.05, 4.69) is 29.4 Å². The molecule has 1 atom stereocenters. The summed E-state index contributed by atoms with van der Waals surface area (Å²) in [5.74, 6) is 1.07. The molecular weight excluding hydrogens is 489 g/mol. The Kier molecular flexibility index (Phi) is 8.14. The highest BCUT2D eigenvalue weighted by molar-refractivity contribution is 7.99. The number of anilines is 1. The Labute approximate surface area is 204 Å². The molecule has 0 saturated carbocycles. The van der Waals surface area contributed by atoms with Crippen molar-refractivity contribution in [1.82, 2.24) is 14.8 Å². The fraction of sp³-hybridized carbons (Fsp3) is 0.348. The van der Waals surface area contributed by atoms with Crippen molar-refractivity contribution in [3.05, 3.63) is 64.4 Å². The lowest BCUT2D eigenvalue weighted by atomic mass is 10.0. The van der Waals surface area contributed by atoms with E-state index in [0.29, 0.717) is 22.6 Å². The van der Waals surface area contributed by atoms with E-state index in [0.717, 1.165) is 30.0 Å². The number of nitrogens with zero attached hydrogens (tertiary/aromatic N) is 3. The van der Waals surface area contributed by atoms with Gasteiger partial charge in [0.05, 0.1) is 22.0 Å². The van der Waals surface area contributed by atoms with E-state index in [1.54, 1.807) is 11.6 Å². The number of carbonyl (C=O) groups excluding carboxylic acids is 1. The summed E-state index contributed by atoms with van der Waals surface area (Å²) in [4.78, 5) is 12.3. The normalized spacial score (nSPS) is 12.6. The molecule has 11 heteroatoms. The van der Waals surface area contributed by atoms with Crippen LogP contribution in [-0.4, -0.2) is 26.4 Å². The fourth-order valence-electron chi connectivity index (χ4n) is 3.11. The highest BCUT2D eigenvalue weighted by Crippen LogP contribution is 2.34. The number of thioether (sulfide) groups is 1. The number of alkyl halides is 3. The minimum Gasteiger partial charge on any atom is -0.483 e. The molecule has 0 saturated heterocycles. The summed E-state index contributed by atoms with van der Waals surface area (Å²) in [6.45, 7) is 6.08. The summed E-state index contributed by atoms with van der Waals surface area (Å²) in [5, 5.41) is 11.2. The van der Waals surface area contributed by atoms with E-state index >= 15 is 0 Å². The number of carbonyl (C=O) groups is 1. The van der Waals surface area contributed by atoms with Crippen molar-refractivity contribution in [2.24, 2.45) is 7.05 Å². The average Bonchev–Trinajstić information content (AvgIpc) is 3.13. The van der Waals surface area contributed by atoms with Gasteiger partial charge in [-0.1, -0.05) is 49.3 Å². The second-order valence-corrected chi connectivity index (χ2v) is 9.26. The molecule has 3 aromatic rings. The second-order valence-electron chi connectivity index (χ2n) is 7.91. The minimum absolute atomic E-state index is 0.0136. The first-order chi connectivity index (χ1) is 16.0. The molecule has 0 aliphatic carbocycles. The van der Waals surface area contributed by atoms with Crippen LogP contribution in [0.15, 0.2) is 47.6 Å². The van der Waals surface area contributed by atoms with E-state index < -0.39 is 23.8 Å². The maximum atomic E-state index is 12.9. The monoisotopic (exact) mass is 512 g/mol. The molecule has 1 unspecified atom stereocenters. The third kappa shape index (κ3) is 6.44. The van der Waals surface area contributed by atoms with Gasteiger partial charge in [-0.25, -0.2) is 0 Å². The van der Waals surface area contributed by atoms with E-state index in [1.165, 1.54) is 5.56 Å². The number of benzene rings is 2. The molecule has 0 spiro atoms. The first kappa shape index (κ1) is 25.9. The summed E-state index contributed by atoms with van der Waals surface area (Å²) in [7, 11) is 1.75. The predicted octanol–water partition coefficient (Wildman–Crippen LogP) is 6.48. The number of ether oxygens (including phenoxy) is 1. The number of halogens is 4. The Morgan fingerprint density at radius 3 is 2.44 bits per heavy atom. The van der Waals surface area contributed by atoms with Gasteiger partial charge in [-0.15, -0.1) is 10.2 Å². The van der Waals surface area contributed by atoms with Crippen LogP contribution in [0, 0.1) is 0 Å². The van der Waals surface area contributed by atoms with Gasteiger partial charge >= 0.3 is 6.18 Å². The van der Waals surface area contributed by atoms with Crippen molar-refractivity contribution in [3.8, 4) is 5.75 Å². The van der Waals surface area contributed by atoms with Gasteiger partial charge in [-0.05, 0) is 48.7 Å². The molecule has 0 aliphatic rings. The molecule has 34 heavy (non-hydrogen) atoms. The van der Waals surface area contributed by atoms with Crippen molar-refractivity contribution >= 4 is 35.0 Å². The van der Waals surface area contributed by atoms with Crippen LogP contribution in [0.3, 0.4) is 0 Å². The lowest BCUT2D eigenvalue weighted by Crippen LogP contribution is -2.16. The molecule has 3 rings (SSSR count). The van der Waals surface area contributed by atoms with Crippen LogP contribution in [0.1, 0.15) is 49.7 Å². The quantitative estimate of drug-likeness (QED) is 0.350. The number of rotatable bonds is 8. The largest absolute Gasteiger partial charge is 0.483 e. The first-order valence-corrected chi connectivity index (χ1v) is 11.8. The van der Waals surface area contributed by atoms with Crippen LogP contribution < -0.4 is 10.1 Å². The second kappa shape index (κ2) is 10.7. The SMILES string of the molecule is CC(C)c1ccc(OC(C)c2nnc(SCC(=O)Nc3cc(C(F)(F)F)ccc3Cl)n2C)cc1. The third-order valence-corrected chi connectivity index (χ3v) is 6.34. The van der Waals surface area contributed by atoms with Gasteiger partial charge in [0, 0.05) is 7.05 Å². The van der Waals surface area contributed by atoms with E-state index in [1.807, 2.05) is 31.2 Å². The molecule has 1 aromatic heterocycles. The Balaban J connectivity index is 1.60. The van der Waals surface area contributed by atoms with Gasteiger partial charge in [0.25, 0.3) is 0 Å². The third-order valence-electron chi connectivity index (χ3n) is 4.99. The first-order valence-electron chi connectivity index (χ1n) is 10.4. The van der Waals surface area contributed by atoms with Crippen molar-refractivity contribution in [1.29, 1.82) is 0 Å². The summed E-state index contributed by atoms with van der Waals surface area (Å²) in [5.41, 5.74) is 0.207. The van der Waals surface area contributed by atoms with Gasteiger partial charge in [0.2, 0.25) is 5.91 Å². The Morgan fingerprint density at radius 2 is 1.82 bits per heavy atom. The molecule has 0 radical (unpaired) electrons. The maximum Gasteiger partial charge on any atom is 0.416 e. The smallest absolute Gasteiger partial charge is 0.416 e. The zero-order chi connectivity index (χ0) is 25.0. The van der Waals surface area contributed by atoms with Gasteiger partial charge in [-0.2, -0.15) is 13.2 Å². The van der Waals surface area contributed by atoms with E-state index in [4.69, 9.17) is 16.3 Å². The van der Waals surface area contributed by atoms with Crippen LogP contribution in [0.5, 0.6) is 5.75 Å². The Morgan fingerprint density at radius 1 is 1.15 bits per heavy atom. The van der Waals surface area contributed by atoms with Crippen molar-refractivity contribution in [3.63, 3.8) is 0 Å². The highest BCUT2D eigenvalue weighted by Gasteiger charge is 2.31. The highest BCUT2D eigenvalue weighted by atomic mass is 35.5. The number of hydrogen-bond acceptors (Lipinski definition) is 5. The molecule has 182 valence electrons. The lowest BCUT2D eigenvalue weighted by Gasteiger charge is -2.15. The lowest BCUT2D eigenvalue weighted by molar-refractivity contribution is -0.137. The molecule has 2 aromatic carbocycles. The molecule has 0 aliphatic heterocycles. The topological polar surface area (TPSA) is 69.0 Å². The summed E-state index contributed by atoms with van der Waals surface area (Å²) < 4.78 is 46.4. The Hall–Kier alpha value is -2.72. The summed E-state index contributed by atoms with van der Waals surface area (Å²) in [6, 6.07) is 10.6. The summed E-state index contributed by atoms with van der Waals surface area (Å²) >= 11 is 7.03. The molecule has 1 N–H and O–H groups in total. The molecule has 6 nitrogen and oxygen atoms in total. The maximum absolute atomic E-state index is 12.9. The zero-order valence-corrected chi connectivity index (χ0v) is 20.6. The fourth-order valence-corrected chi connectivity index (χ4v) is 3.99. The van der Waals surface area contributed by atoms with Gasteiger partial charge < -0.3 is 14.6 Å². The number of amides is 1. The average molecular weight is 513 g/mol. The standard InChI is InChI=1S/C23H24ClF3N4O2S/c1-13(2)15-5-8-17(9-6-15)33-14(3)21-29-30-22(31(21)4)34-12-20(32)28-19-11-16(23(25,26)27)7-10-18(19)24/h5-11,13-14H,12H2,1-4H3,(H,28,32). The number of hydrogen-bond donors (Lipinski definition) is 1. The number of nitrogens with one attached hydrogen (secondary N) is 1. The van der Waals surface area contributed by atoms with Crippen molar-refractivity contribution in [2.45, 2.75) is 44.1 Å². The van der Waals surface area contributed by atoms with Gasteiger partial charge in [0.1, 0.15) is 5.75 Å². The number of aromatic nitrogens is 3. The van der Waals surface area contributed by atoms with Crippen molar-refractivity contribution in [2.75, 3.05) is 11.1 Å². The van der Waals surface area contributed by atoms with Gasteiger partial charge in [0.15, 0.2) is 17.1 Å². The van der Waals surface area contributed by atoms with E-state index in [9.17, 15) is 18.0 Å². The van der Waals surface area contributed by atoms with Crippen LogP contribution >= 0.6 is 23.4 Å². The molecule has 1 amide bonds. The minimum atomic E-state index is -4.54. The molecule has 1 heterocycles. The van der Waals surface area contributed by atoms with Crippen molar-refractivity contribution < 1.29 is 22.7 Å². The summed E-state index contributed by atoms with van der Waals surface area (Å²) in [6.07, 6.45) is -4.93. The zero-order valence-electron chi connectivity index (χ0n) is 19.0. The van der Waals surface area contributed by atoms with E-state index in [-0.39, 0.29) is 16.5 Å². The molecule has 0 bridgehead atoms. The van der Waals surface area contributed by atoms with Crippen LogP contribution in [0.2, 0.25) is 5.02 Å². The van der Waals surface area contributed by atoms with Crippen LogP contribution in [0.25, 0.3) is 0 Å². The van der Waals surface area contributed by atoms with Crippen LogP contribution in [0.4, 0.5) is 18.9 Å². The Bertz CT molecular complexity index is 1150. The predicted molar refractivity (Wildman–Crippen MR) is 126 cm³/mol. The molecule has 0 fully saturated rings. The van der Waals surface area contributed by atoms with Crippen LogP contribution in [-0.2, 0) is 18.0 Å². The van der Waals surface area contributed by atoms with Gasteiger partial charge in [-0.3, -0.25) is 4.79 Å². The molecular formula is C23H24ClF3N4O2S.